The summed E-state index contributed by atoms with van der Waals surface area (Å²) in [7, 11) is 0. The molecule has 0 saturated heterocycles. The van der Waals surface area contributed by atoms with Crippen molar-refractivity contribution >= 4 is 22.9 Å². The maximum absolute atomic E-state index is 17.3. The van der Waals surface area contributed by atoms with Crippen molar-refractivity contribution < 1.29 is 28.6 Å². The molecular weight excluding hydrogens is 495 g/mol. The van der Waals surface area contributed by atoms with Gasteiger partial charge in [0.2, 0.25) is 5.78 Å². The summed E-state index contributed by atoms with van der Waals surface area (Å²) >= 11 is 1.30. The molecule has 0 spiro atoms. The molecule has 0 amide bonds. The van der Waals surface area contributed by atoms with Crippen LogP contribution in [-0.4, -0.2) is 43.5 Å². The van der Waals surface area contributed by atoms with Crippen molar-refractivity contribution in [3.8, 4) is 0 Å². The highest BCUT2D eigenvalue weighted by Gasteiger charge is 2.74. The maximum atomic E-state index is 17.3. The van der Waals surface area contributed by atoms with Gasteiger partial charge in [0.05, 0.1) is 24.4 Å². The number of alkyl halides is 1. The molecule has 3 fully saturated rings. The van der Waals surface area contributed by atoms with Crippen molar-refractivity contribution in [1.29, 1.82) is 0 Å². The first-order chi connectivity index (χ1) is 17.4. The molecule has 0 aromatic carbocycles. The van der Waals surface area contributed by atoms with Gasteiger partial charge in [-0.2, -0.15) is 0 Å². The number of aliphatic hydroxyl groups excluding tert-OH is 1. The molecule has 3 saturated carbocycles. The standard InChI is InChI=1S/C28H31FN2O5S/c1-15-8-19-18-5-4-16-9-17(32)6-7-25(16,2)27(18,29)23(34)11-26(19,3)28(15,35)22-13-37-24(31-22)10-20(33)21-12-30-14-36-21/h6-7,9,12-15,18-19,23,34-35H,4-5,8,10-11H2,1-3H3/t15-,18+,19+,23+,25+,26+,27+,28+/m1/s1. The van der Waals surface area contributed by atoms with E-state index in [1.807, 2.05) is 13.8 Å². The van der Waals surface area contributed by atoms with Crippen LogP contribution in [0, 0.1) is 28.6 Å². The number of Topliss-reactive ketones (excluding diaryl/α,β-unsaturated/α-hetero) is 1. The van der Waals surface area contributed by atoms with Gasteiger partial charge in [-0.1, -0.05) is 25.5 Å². The SMILES string of the molecule is C[C@@H]1C[C@H]2[C@@H]3CCC4=CC(=O)C=C[C@]4(C)[C@@]3(F)[C@@H](O)C[C@]2(C)[C@@]1(O)c1csc(CC(=O)c2cnco2)n1. The molecule has 4 aliphatic carbocycles. The largest absolute Gasteiger partial charge is 0.440 e. The van der Waals surface area contributed by atoms with Crippen molar-refractivity contribution in [1.82, 2.24) is 9.97 Å². The zero-order chi connectivity index (χ0) is 26.4. The first-order valence-corrected chi connectivity index (χ1v) is 13.7. The van der Waals surface area contributed by atoms with E-state index in [2.05, 4.69) is 9.97 Å². The molecule has 0 bridgehead atoms. The van der Waals surface area contributed by atoms with Gasteiger partial charge < -0.3 is 14.6 Å². The van der Waals surface area contributed by atoms with Gasteiger partial charge in [0.1, 0.15) is 10.6 Å². The van der Waals surface area contributed by atoms with E-state index in [-0.39, 0.29) is 42.0 Å². The lowest BCUT2D eigenvalue weighted by Gasteiger charge is -2.62. The van der Waals surface area contributed by atoms with Gasteiger partial charge in [0.25, 0.3) is 0 Å². The Bertz CT molecular complexity index is 1340. The molecule has 8 atom stereocenters. The summed E-state index contributed by atoms with van der Waals surface area (Å²) in [6, 6.07) is 0. The minimum atomic E-state index is -1.94. The molecule has 0 radical (unpaired) electrons. The lowest BCUT2D eigenvalue weighted by molar-refractivity contribution is -0.223. The third kappa shape index (κ3) is 3.11. The molecule has 4 aliphatic rings. The number of halogens is 1. The first-order valence-electron chi connectivity index (χ1n) is 12.9. The van der Waals surface area contributed by atoms with Crippen LogP contribution >= 0.6 is 11.3 Å². The summed E-state index contributed by atoms with van der Waals surface area (Å²) in [6.45, 7) is 5.71. The lowest BCUT2D eigenvalue weighted by atomic mass is 9.44. The molecule has 196 valence electrons. The van der Waals surface area contributed by atoms with E-state index in [1.165, 1.54) is 36.1 Å². The van der Waals surface area contributed by atoms with Gasteiger partial charge in [0, 0.05) is 22.1 Å². The highest BCUT2D eigenvalue weighted by atomic mass is 32.1. The average molecular weight is 527 g/mol. The number of rotatable bonds is 4. The quantitative estimate of drug-likeness (QED) is 0.569. The second kappa shape index (κ2) is 8.01. The molecule has 2 N–H and O–H groups in total. The van der Waals surface area contributed by atoms with Gasteiger partial charge >= 0.3 is 0 Å². The Morgan fingerprint density at radius 3 is 2.84 bits per heavy atom. The Labute approximate surface area is 218 Å². The fraction of sp³-hybridized carbons (Fsp3) is 0.571. The number of hydrogen-bond donors (Lipinski definition) is 2. The summed E-state index contributed by atoms with van der Waals surface area (Å²) in [5.41, 5.74) is -4.01. The summed E-state index contributed by atoms with van der Waals surface area (Å²) in [5, 5.41) is 26.2. The van der Waals surface area contributed by atoms with E-state index in [4.69, 9.17) is 4.42 Å². The highest BCUT2D eigenvalue weighted by molar-refractivity contribution is 7.09. The number of nitrogens with zero attached hydrogens (tertiary/aromatic N) is 2. The van der Waals surface area contributed by atoms with Crippen molar-refractivity contribution in [2.75, 3.05) is 0 Å². The second-order valence-electron chi connectivity index (χ2n) is 11.8. The zero-order valence-electron chi connectivity index (χ0n) is 21.1. The van der Waals surface area contributed by atoms with Crippen LogP contribution in [0.5, 0.6) is 0 Å². The fourth-order valence-electron chi connectivity index (χ4n) is 8.24. The van der Waals surface area contributed by atoms with E-state index < -0.39 is 34.1 Å². The van der Waals surface area contributed by atoms with Crippen molar-refractivity contribution in [2.45, 2.75) is 70.2 Å². The average Bonchev–Trinajstić information content (AvgIpc) is 3.58. The zero-order valence-corrected chi connectivity index (χ0v) is 21.9. The fourth-order valence-corrected chi connectivity index (χ4v) is 9.08. The molecule has 37 heavy (non-hydrogen) atoms. The van der Waals surface area contributed by atoms with Gasteiger partial charge in [0.15, 0.2) is 23.6 Å². The van der Waals surface area contributed by atoms with E-state index in [0.717, 1.165) is 5.57 Å². The number of oxazole rings is 1. The van der Waals surface area contributed by atoms with Crippen molar-refractivity contribution in [3.63, 3.8) is 0 Å². The van der Waals surface area contributed by atoms with Crippen LogP contribution in [0.4, 0.5) is 4.39 Å². The third-order valence-corrected chi connectivity index (χ3v) is 11.0. The molecule has 2 aromatic heterocycles. The monoisotopic (exact) mass is 526 g/mol. The van der Waals surface area contributed by atoms with E-state index in [1.54, 1.807) is 18.4 Å². The van der Waals surface area contributed by atoms with Gasteiger partial charge in [-0.3, -0.25) is 9.59 Å². The van der Waals surface area contributed by atoms with Crippen molar-refractivity contribution in [2.24, 2.45) is 28.6 Å². The van der Waals surface area contributed by atoms with Crippen LogP contribution in [0.15, 0.2) is 46.2 Å². The number of carbonyl (C=O) groups is 2. The number of ketones is 2. The van der Waals surface area contributed by atoms with Crippen LogP contribution in [-0.2, 0) is 16.8 Å². The predicted octanol–water partition coefficient (Wildman–Crippen LogP) is 4.36. The molecule has 9 heteroatoms. The molecular formula is C28H31FN2O5S. The van der Waals surface area contributed by atoms with Gasteiger partial charge in [-0.25, -0.2) is 14.4 Å². The molecule has 0 unspecified atom stereocenters. The topological polar surface area (TPSA) is 114 Å². The Kier molecular flexibility index (Phi) is 5.37. The number of thiazole rings is 1. The number of aliphatic hydroxyl groups is 2. The number of allylic oxidation sites excluding steroid dienone is 4. The van der Waals surface area contributed by atoms with Gasteiger partial charge in [-0.15, -0.1) is 11.3 Å². The molecule has 7 nitrogen and oxygen atoms in total. The van der Waals surface area contributed by atoms with Crippen LogP contribution in [0.2, 0.25) is 0 Å². The summed E-state index contributed by atoms with van der Waals surface area (Å²) in [4.78, 5) is 33.0. The minimum Gasteiger partial charge on any atom is -0.440 e. The Morgan fingerprint density at radius 2 is 2.11 bits per heavy atom. The normalized spacial score (nSPS) is 42.6. The highest BCUT2D eigenvalue weighted by Crippen LogP contribution is 2.72. The van der Waals surface area contributed by atoms with E-state index in [0.29, 0.717) is 30.0 Å². The van der Waals surface area contributed by atoms with Crippen molar-refractivity contribution in [3.05, 3.63) is 58.2 Å². The van der Waals surface area contributed by atoms with Crippen LogP contribution in [0.3, 0.4) is 0 Å². The Morgan fingerprint density at radius 1 is 1.32 bits per heavy atom. The maximum Gasteiger partial charge on any atom is 0.206 e. The molecule has 2 heterocycles. The Hall–Kier alpha value is -2.49. The lowest BCUT2D eigenvalue weighted by Crippen LogP contribution is -2.68. The Balaban J connectivity index is 1.35. The van der Waals surface area contributed by atoms with Crippen LogP contribution < -0.4 is 0 Å². The summed E-state index contributed by atoms with van der Waals surface area (Å²) in [5.74, 6) is -1.14. The molecule has 0 aliphatic heterocycles. The number of carbonyl (C=O) groups excluding carboxylic acids is 2. The number of hydrogen-bond acceptors (Lipinski definition) is 8. The molecule has 6 rings (SSSR count). The first kappa shape index (κ1) is 24.8. The minimum absolute atomic E-state index is 0.0296. The predicted molar refractivity (Wildman–Crippen MR) is 133 cm³/mol. The van der Waals surface area contributed by atoms with Gasteiger partial charge in [-0.05, 0) is 56.6 Å². The second-order valence-corrected chi connectivity index (χ2v) is 12.7. The van der Waals surface area contributed by atoms with E-state index in [9.17, 15) is 19.8 Å². The number of fused-ring (bicyclic) bond motifs is 5. The summed E-state index contributed by atoms with van der Waals surface area (Å²) < 4.78 is 22.4. The van der Waals surface area contributed by atoms with Crippen LogP contribution in [0.1, 0.15) is 67.7 Å². The third-order valence-electron chi connectivity index (χ3n) is 10.2. The number of aromatic nitrogens is 2. The van der Waals surface area contributed by atoms with Crippen LogP contribution in [0.25, 0.3) is 0 Å². The van der Waals surface area contributed by atoms with E-state index >= 15 is 4.39 Å². The molecule has 2 aromatic rings. The summed E-state index contributed by atoms with van der Waals surface area (Å²) in [6.07, 6.45) is 7.62. The smallest absolute Gasteiger partial charge is 0.206 e.